The fraction of sp³-hybridized carbons (Fsp3) is 0.769. The van der Waals surface area contributed by atoms with Gasteiger partial charge in [-0.3, -0.25) is 14.9 Å². The largest absolute Gasteiger partial charge is 0.481 e. The van der Waals surface area contributed by atoms with Crippen molar-refractivity contribution in [2.24, 2.45) is 0 Å². The van der Waals surface area contributed by atoms with Gasteiger partial charge in [-0.15, -0.1) is 0 Å². The number of amides is 3. The first-order valence-electron chi connectivity index (χ1n) is 6.99. The Kier molecular flexibility index (Phi) is 7.64. The molecule has 0 spiro atoms. The summed E-state index contributed by atoms with van der Waals surface area (Å²) in [6.07, 6.45) is 5.57. The average Bonchev–Trinajstić information content (AvgIpc) is 2.42. The molecule has 7 nitrogen and oxygen atoms in total. The maximum Gasteiger partial charge on any atom is 0.321 e. The van der Waals surface area contributed by atoms with Crippen molar-refractivity contribution in [3.8, 4) is 0 Å². The number of hydrogen-bond acceptors (Lipinski definition) is 4. The Morgan fingerprint density at radius 1 is 1.10 bits per heavy atom. The molecule has 1 fully saturated rings. The summed E-state index contributed by atoms with van der Waals surface area (Å²) in [6, 6.07) is -0.618. The molecular formula is C13H22N2O5. The number of imide groups is 1. The molecule has 0 bridgehead atoms. The number of carbonyl (C=O) groups excluding carboxylic acids is 2. The lowest BCUT2D eigenvalue weighted by Crippen LogP contribution is -2.41. The number of carboxylic acid groups (broad SMARTS) is 1. The van der Waals surface area contributed by atoms with E-state index in [1.807, 2.05) is 0 Å². The predicted octanol–water partition coefficient (Wildman–Crippen LogP) is 1.03. The standard InChI is InChI=1S/C13H22N2O5/c16-11(6-7-12(17)18)15-13(19)14-8-9-20-10-4-2-1-3-5-10/h10H,1-9H2,(H,17,18)(H2,14,15,16,19). The van der Waals surface area contributed by atoms with Crippen molar-refractivity contribution in [2.45, 2.75) is 51.0 Å². The minimum absolute atomic E-state index is 0.207. The topological polar surface area (TPSA) is 105 Å². The molecule has 0 aromatic heterocycles. The van der Waals surface area contributed by atoms with Crippen molar-refractivity contribution in [1.82, 2.24) is 10.6 Å². The van der Waals surface area contributed by atoms with Crippen molar-refractivity contribution >= 4 is 17.9 Å². The summed E-state index contributed by atoms with van der Waals surface area (Å²) >= 11 is 0. The summed E-state index contributed by atoms with van der Waals surface area (Å²) in [4.78, 5) is 32.7. The van der Waals surface area contributed by atoms with Crippen molar-refractivity contribution in [1.29, 1.82) is 0 Å². The number of rotatable bonds is 7. The third-order valence-electron chi connectivity index (χ3n) is 3.11. The fourth-order valence-corrected chi connectivity index (χ4v) is 2.08. The van der Waals surface area contributed by atoms with Gasteiger partial charge in [0.1, 0.15) is 0 Å². The lowest BCUT2D eigenvalue weighted by molar-refractivity contribution is -0.138. The van der Waals surface area contributed by atoms with Crippen LogP contribution >= 0.6 is 0 Å². The molecule has 3 amide bonds. The van der Waals surface area contributed by atoms with Crippen molar-refractivity contribution in [3.63, 3.8) is 0 Å². The Hall–Kier alpha value is -1.63. The van der Waals surface area contributed by atoms with Gasteiger partial charge in [-0.1, -0.05) is 19.3 Å². The van der Waals surface area contributed by atoms with Gasteiger partial charge in [0.25, 0.3) is 0 Å². The molecule has 0 saturated heterocycles. The highest BCUT2D eigenvalue weighted by Crippen LogP contribution is 2.19. The highest BCUT2D eigenvalue weighted by atomic mass is 16.5. The van der Waals surface area contributed by atoms with Crippen LogP contribution in [0, 0.1) is 0 Å². The SMILES string of the molecule is O=C(O)CCC(=O)NC(=O)NCCOC1CCCCC1. The van der Waals surface area contributed by atoms with E-state index in [4.69, 9.17) is 9.84 Å². The van der Waals surface area contributed by atoms with Gasteiger partial charge in [0.15, 0.2) is 0 Å². The molecule has 1 aliphatic carbocycles. The summed E-state index contributed by atoms with van der Waals surface area (Å²) < 4.78 is 5.61. The number of carboxylic acids is 1. The lowest BCUT2D eigenvalue weighted by atomic mass is 9.98. The molecule has 0 aliphatic heterocycles. The quantitative estimate of drug-likeness (QED) is 0.606. The molecule has 3 N–H and O–H groups in total. The van der Waals surface area contributed by atoms with E-state index in [0.29, 0.717) is 13.2 Å². The Morgan fingerprint density at radius 3 is 2.45 bits per heavy atom. The second-order valence-corrected chi connectivity index (χ2v) is 4.83. The van der Waals surface area contributed by atoms with Crippen LogP contribution in [-0.2, 0) is 14.3 Å². The molecule has 7 heteroatoms. The van der Waals surface area contributed by atoms with E-state index in [1.165, 1.54) is 19.3 Å². The van der Waals surface area contributed by atoms with Gasteiger partial charge >= 0.3 is 12.0 Å². The summed E-state index contributed by atoms with van der Waals surface area (Å²) in [5.74, 6) is -1.67. The predicted molar refractivity (Wildman–Crippen MR) is 71.2 cm³/mol. The van der Waals surface area contributed by atoms with Crippen molar-refractivity contribution in [2.75, 3.05) is 13.2 Å². The Bertz CT molecular complexity index is 340. The maximum absolute atomic E-state index is 11.3. The Labute approximate surface area is 118 Å². The van der Waals surface area contributed by atoms with Crippen LogP contribution in [0.5, 0.6) is 0 Å². The monoisotopic (exact) mass is 286 g/mol. The van der Waals surface area contributed by atoms with Gasteiger partial charge in [0, 0.05) is 13.0 Å². The summed E-state index contributed by atoms with van der Waals surface area (Å²) in [7, 11) is 0. The molecule has 0 radical (unpaired) electrons. The maximum atomic E-state index is 11.3. The van der Waals surface area contributed by atoms with Gasteiger partial charge < -0.3 is 15.2 Å². The minimum atomic E-state index is -1.07. The van der Waals surface area contributed by atoms with Crippen LogP contribution in [0.3, 0.4) is 0 Å². The molecule has 1 rings (SSSR count). The molecule has 0 aromatic carbocycles. The molecule has 114 valence electrons. The molecule has 0 heterocycles. The van der Waals surface area contributed by atoms with Crippen LogP contribution in [0.15, 0.2) is 0 Å². The third-order valence-corrected chi connectivity index (χ3v) is 3.11. The van der Waals surface area contributed by atoms with Crippen molar-refractivity contribution < 1.29 is 24.2 Å². The fourth-order valence-electron chi connectivity index (χ4n) is 2.08. The van der Waals surface area contributed by atoms with Gasteiger partial charge in [-0.05, 0) is 12.8 Å². The molecule has 1 saturated carbocycles. The molecule has 0 unspecified atom stereocenters. The number of ether oxygens (including phenoxy) is 1. The van der Waals surface area contributed by atoms with Gasteiger partial charge in [-0.2, -0.15) is 0 Å². The van der Waals surface area contributed by atoms with Crippen LogP contribution in [0.2, 0.25) is 0 Å². The van der Waals surface area contributed by atoms with Gasteiger partial charge in [0.2, 0.25) is 5.91 Å². The summed E-state index contributed by atoms with van der Waals surface area (Å²) in [5.41, 5.74) is 0. The van der Waals surface area contributed by atoms with E-state index in [9.17, 15) is 14.4 Å². The Balaban J connectivity index is 2.01. The summed E-state index contributed by atoms with van der Waals surface area (Å²) in [6.45, 7) is 0.746. The van der Waals surface area contributed by atoms with E-state index in [1.54, 1.807) is 0 Å². The molecule has 0 aromatic rings. The number of hydrogen-bond donors (Lipinski definition) is 3. The van der Waals surface area contributed by atoms with Crippen LogP contribution in [-0.4, -0.2) is 42.3 Å². The van der Waals surface area contributed by atoms with Crippen LogP contribution < -0.4 is 10.6 Å². The van der Waals surface area contributed by atoms with E-state index < -0.39 is 17.9 Å². The highest BCUT2D eigenvalue weighted by molar-refractivity contribution is 5.95. The van der Waals surface area contributed by atoms with Crippen LogP contribution in [0.1, 0.15) is 44.9 Å². The van der Waals surface area contributed by atoms with E-state index >= 15 is 0 Å². The zero-order chi connectivity index (χ0) is 14.8. The first kappa shape index (κ1) is 16.4. The van der Waals surface area contributed by atoms with Crippen LogP contribution in [0.25, 0.3) is 0 Å². The normalized spacial score (nSPS) is 15.6. The van der Waals surface area contributed by atoms with Gasteiger partial charge in [-0.25, -0.2) is 4.79 Å². The smallest absolute Gasteiger partial charge is 0.321 e. The van der Waals surface area contributed by atoms with Crippen molar-refractivity contribution in [3.05, 3.63) is 0 Å². The zero-order valence-electron chi connectivity index (χ0n) is 11.5. The second kappa shape index (κ2) is 9.30. The number of aliphatic carboxylic acids is 1. The zero-order valence-corrected chi connectivity index (χ0v) is 11.5. The second-order valence-electron chi connectivity index (χ2n) is 4.83. The molecule has 20 heavy (non-hydrogen) atoms. The van der Waals surface area contributed by atoms with E-state index in [0.717, 1.165) is 12.8 Å². The Morgan fingerprint density at radius 2 is 1.80 bits per heavy atom. The molecule has 1 aliphatic rings. The third kappa shape index (κ3) is 7.73. The minimum Gasteiger partial charge on any atom is -0.481 e. The van der Waals surface area contributed by atoms with E-state index in [2.05, 4.69) is 10.6 Å². The summed E-state index contributed by atoms with van der Waals surface area (Å²) in [5, 5.41) is 13.0. The molecular weight excluding hydrogens is 264 g/mol. The number of carbonyl (C=O) groups is 3. The first-order chi connectivity index (χ1) is 9.58. The van der Waals surface area contributed by atoms with Crippen LogP contribution in [0.4, 0.5) is 4.79 Å². The number of urea groups is 1. The average molecular weight is 286 g/mol. The first-order valence-corrected chi connectivity index (χ1v) is 6.99. The molecule has 0 atom stereocenters. The van der Waals surface area contributed by atoms with E-state index in [-0.39, 0.29) is 18.9 Å². The lowest BCUT2D eigenvalue weighted by Gasteiger charge is -2.21. The highest BCUT2D eigenvalue weighted by Gasteiger charge is 2.13. The number of nitrogens with one attached hydrogen (secondary N) is 2. The van der Waals surface area contributed by atoms with Gasteiger partial charge in [0.05, 0.1) is 19.1 Å².